The number of carbonyl (C=O) groups is 2. The molecule has 2 fully saturated rings. The number of imide groups is 1. The van der Waals surface area contributed by atoms with E-state index in [1.807, 2.05) is 6.33 Å². The first-order chi connectivity index (χ1) is 11.2. The molecule has 4 rings (SSSR count). The van der Waals surface area contributed by atoms with Crippen molar-refractivity contribution in [2.24, 2.45) is 0 Å². The highest BCUT2D eigenvalue weighted by Crippen LogP contribution is 2.28. The van der Waals surface area contributed by atoms with Crippen LogP contribution < -0.4 is 5.32 Å². The first kappa shape index (κ1) is 14.7. The number of fused-ring (bicyclic) bond motifs is 1. The molecule has 0 aromatic carbocycles. The van der Waals surface area contributed by atoms with Gasteiger partial charge in [-0.3, -0.25) is 14.6 Å². The number of amides is 3. The van der Waals surface area contributed by atoms with Crippen molar-refractivity contribution >= 4 is 11.9 Å². The third kappa shape index (κ3) is 2.73. The Morgan fingerprint density at radius 1 is 1.30 bits per heavy atom. The summed E-state index contributed by atoms with van der Waals surface area (Å²) >= 11 is 0. The Labute approximate surface area is 135 Å². The van der Waals surface area contributed by atoms with Crippen LogP contribution in [0.25, 0.3) is 0 Å². The largest absolute Gasteiger partial charge is 0.336 e. The molecule has 3 heterocycles. The van der Waals surface area contributed by atoms with Crippen molar-refractivity contribution in [2.75, 3.05) is 32.7 Å². The van der Waals surface area contributed by atoms with Crippen LogP contribution in [0, 0.1) is 0 Å². The lowest BCUT2D eigenvalue weighted by Gasteiger charge is -2.21. The summed E-state index contributed by atoms with van der Waals surface area (Å²) in [5.41, 5.74) is 2.66. The predicted molar refractivity (Wildman–Crippen MR) is 84.1 cm³/mol. The molecule has 23 heavy (non-hydrogen) atoms. The van der Waals surface area contributed by atoms with Gasteiger partial charge in [-0.2, -0.15) is 0 Å². The summed E-state index contributed by atoms with van der Waals surface area (Å²) < 4.78 is 2.33. The topological polar surface area (TPSA) is 70.5 Å². The Bertz CT molecular complexity index is 626. The highest BCUT2D eigenvalue weighted by atomic mass is 16.2. The zero-order valence-corrected chi connectivity index (χ0v) is 13.3. The van der Waals surface area contributed by atoms with Gasteiger partial charge in [0.15, 0.2) is 0 Å². The van der Waals surface area contributed by atoms with Gasteiger partial charge in [0.2, 0.25) is 5.91 Å². The zero-order chi connectivity index (χ0) is 15.8. The standard InChI is InChI=1S/C16H23N5O2/c22-15(20-8-6-17-16(20)23)10-19-7-5-12(9-19)21-11-18-13-3-1-2-4-14(13)21/h11-12H,1-10H2,(H,17,23). The van der Waals surface area contributed by atoms with E-state index < -0.39 is 0 Å². The quantitative estimate of drug-likeness (QED) is 0.884. The van der Waals surface area contributed by atoms with Gasteiger partial charge < -0.3 is 9.88 Å². The molecule has 124 valence electrons. The van der Waals surface area contributed by atoms with E-state index in [2.05, 4.69) is 19.8 Å². The fourth-order valence-corrected chi connectivity index (χ4v) is 3.98. The second-order valence-electron chi connectivity index (χ2n) is 6.71. The highest BCUT2D eigenvalue weighted by molar-refractivity contribution is 5.96. The maximum absolute atomic E-state index is 12.2. The fourth-order valence-electron chi connectivity index (χ4n) is 3.98. The average molecular weight is 317 g/mol. The van der Waals surface area contributed by atoms with E-state index in [9.17, 15) is 9.59 Å². The van der Waals surface area contributed by atoms with Crippen molar-refractivity contribution < 1.29 is 9.59 Å². The molecule has 3 aliphatic rings. The summed E-state index contributed by atoms with van der Waals surface area (Å²) in [6, 6.07) is 0.152. The van der Waals surface area contributed by atoms with Crippen LogP contribution in [-0.4, -0.2) is 64.0 Å². The second kappa shape index (κ2) is 5.96. The smallest absolute Gasteiger partial charge is 0.324 e. The third-order valence-corrected chi connectivity index (χ3v) is 5.22. The molecule has 7 heteroatoms. The van der Waals surface area contributed by atoms with Gasteiger partial charge in [-0.1, -0.05) is 0 Å². The first-order valence-electron chi connectivity index (χ1n) is 8.57. The Morgan fingerprint density at radius 3 is 3.00 bits per heavy atom. The molecule has 1 aromatic rings. The van der Waals surface area contributed by atoms with Gasteiger partial charge in [0.05, 0.1) is 18.6 Å². The summed E-state index contributed by atoms with van der Waals surface area (Å²) in [4.78, 5) is 31.9. The van der Waals surface area contributed by atoms with Crippen molar-refractivity contribution in [1.29, 1.82) is 0 Å². The minimum atomic E-state index is -0.255. The van der Waals surface area contributed by atoms with Crippen LogP contribution in [0.4, 0.5) is 4.79 Å². The van der Waals surface area contributed by atoms with Gasteiger partial charge in [-0.15, -0.1) is 0 Å². The number of nitrogens with zero attached hydrogens (tertiary/aromatic N) is 4. The highest BCUT2D eigenvalue weighted by Gasteiger charge is 2.31. The number of hydrogen-bond acceptors (Lipinski definition) is 4. The third-order valence-electron chi connectivity index (χ3n) is 5.22. The molecule has 1 aromatic heterocycles. The van der Waals surface area contributed by atoms with Gasteiger partial charge >= 0.3 is 6.03 Å². The minimum absolute atomic E-state index is 0.0895. The lowest BCUT2D eigenvalue weighted by molar-refractivity contribution is -0.128. The molecule has 3 amide bonds. The average Bonchev–Trinajstić information content (AvgIpc) is 3.25. The zero-order valence-electron chi connectivity index (χ0n) is 13.3. The number of aromatic nitrogens is 2. The summed E-state index contributed by atoms with van der Waals surface area (Å²) in [6.45, 7) is 3.15. The molecule has 1 atom stereocenters. The van der Waals surface area contributed by atoms with Crippen molar-refractivity contribution in [2.45, 2.75) is 38.1 Å². The summed E-state index contributed by atoms with van der Waals surface area (Å²) in [5, 5.41) is 2.68. The van der Waals surface area contributed by atoms with Gasteiger partial charge in [-0.25, -0.2) is 9.78 Å². The summed E-state index contributed by atoms with van der Waals surface area (Å²) in [6.07, 6.45) is 7.74. The molecular formula is C16H23N5O2. The maximum atomic E-state index is 12.2. The summed E-state index contributed by atoms with van der Waals surface area (Å²) in [5.74, 6) is -0.0895. The van der Waals surface area contributed by atoms with Gasteiger partial charge in [-0.05, 0) is 32.1 Å². The van der Waals surface area contributed by atoms with E-state index in [-0.39, 0.29) is 11.9 Å². The van der Waals surface area contributed by atoms with Gasteiger partial charge in [0.25, 0.3) is 0 Å². The Hall–Kier alpha value is -1.89. The van der Waals surface area contributed by atoms with E-state index in [1.165, 1.54) is 29.1 Å². The lowest BCUT2D eigenvalue weighted by atomic mass is 10.0. The van der Waals surface area contributed by atoms with Gasteiger partial charge in [0.1, 0.15) is 0 Å². The van der Waals surface area contributed by atoms with Crippen LogP contribution in [0.15, 0.2) is 6.33 Å². The first-order valence-corrected chi connectivity index (χ1v) is 8.57. The van der Waals surface area contributed by atoms with Crippen LogP contribution in [0.1, 0.15) is 36.7 Å². The minimum Gasteiger partial charge on any atom is -0.336 e. The molecule has 1 unspecified atom stereocenters. The molecule has 1 N–H and O–H groups in total. The van der Waals surface area contributed by atoms with Gasteiger partial charge in [0, 0.05) is 37.9 Å². The number of nitrogens with one attached hydrogen (secondary N) is 1. The van der Waals surface area contributed by atoms with Crippen LogP contribution in [0.2, 0.25) is 0 Å². The molecular weight excluding hydrogens is 294 g/mol. The molecule has 2 aliphatic heterocycles. The van der Waals surface area contributed by atoms with E-state index in [0.717, 1.165) is 32.4 Å². The van der Waals surface area contributed by atoms with E-state index in [1.54, 1.807) is 0 Å². The van der Waals surface area contributed by atoms with E-state index >= 15 is 0 Å². The van der Waals surface area contributed by atoms with Crippen molar-refractivity contribution in [3.8, 4) is 0 Å². The number of carbonyl (C=O) groups excluding carboxylic acids is 2. The van der Waals surface area contributed by atoms with Crippen LogP contribution in [0.5, 0.6) is 0 Å². The predicted octanol–water partition coefficient (Wildman–Crippen LogP) is 0.561. The van der Waals surface area contributed by atoms with Crippen molar-refractivity contribution in [3.63, 3.8) is 0 Å². The van der Waals surface area contributed by atoms with Crippen molar-refractivity contribution in [1.82, 2.24) is 24.7 Å². The Kier molecular flexibility index (Phi) is 3.80. The molecule has 7 nitrogen and oxygen atoms in total. The Morgan fingerprint density at radius 2 is 2.17 bits per heavy atom. The molecule has 0 radical (unpaired) electrons. The molecule has 2 saturated heterocycles. The molecule has 1 aliphatic carbocycles. The summed E-state index contributed by atoms with van der Waals surface area (Å²) in [7, 11) is 0. The molecule has 0 saturated carbocycles. The normalized spacial score (nSPS) is 24.8. The lowest BCUT2D eigenvalue weighted by Crippen LogP contribution is -2.41. The van der Waals surface area contributed by atoms with Crippen LogP contribution >= 0.6 is 0 Å². The SMILES string of the molecule is O=C(CN1CCC(n2cnc3c2CCCC3)C1)N1CCNC1=O. The van der Waals surface area contributed by atoms with Crippen LogP contribution in [0.3, 0.4) is 0 Å². The van der Waals surface area contributed by atoms with E-state index in [4.69, 9.17) is 0 Å². The second-order valence-corrected chi connectivity index (χ2v) is 6.71. The van der Waals surface area contributed by atoms with Crippen molar-refractivity contribution in [3.05, 3.63) is 17.7 Å². The van der Waals surface area contributed by atoms with Crippen LogP contribution in [-0.2, 0) is 17.6 Å². The number of imidazole rings is 1. The number of aryl methyl sites for hydroxylation is 1. The maximum Gasteiger partial charge on any atom is 0.324 e. The molecule has 0 bridgehead atoms. The fraction of sp³-hybridized carbons (Fsp3) is 0.688. The monoisotopic (exact) mass is 317 g/mol. The number of rotatable bonds is 3. The molecule has 0 spiro atoms. The number of likely N-dealkylation sites (tertiary alicyclic amines) is 1. The van der Waals surface area contributed by atoms with E-state index in [0.29, 0.717) is 25.7 Å². The number of hydrogen-bond donors (Lipinski definition) is 1. The number of urea groups is 1. The Balaban J connectivity index is 1.38.